The number of aromatic nitrogens is 2. The fourth-order valence-corrected chi connectivity index (χ4v) is 6.03. The van der Waals surface area contributed by atoms with Crippen LogP contribution < -0.4 is 19.9 Å². The molecule has 0 bridgehead atoms. The number of ether oxygens (including phenoxy) is 1. The van der Waals surface area contributed by atoms with Crippen LogP contribution in [0.5, 0.6) is 6.01 Å². The number of nitrogens with zero attached hydrogens (tertiary/aromatic N) is 6. The molecule has 0 radical (unpaired) electrons. The number of piperazine rings is 1. The number of rotatable bonds is 6. The molecule has 8 heteroatoms. The smallest absolute Gasteiger partial charge is 0.318 e. The molecule has 1 N–H and O–H groups in total. The molecule has 0 aliphatic carbocycles. The molecule has 3 aromatic rings. The molecule has 3 aliphatic rings. The minimum atomic E-state index is 0.150. The maximum atomic E-state index is 9.26. The van der Waals surface area contributed by atoms with Crippen molar-refractivity contribution in [1.82, 2.24) is 20.2 Å². The lowest BCUT2D eigenvalue weighted by molar-refractivity contribution is 0.187. The van der Waals surface area contributed by atoms with Gasteiger partial charge in [-0.05, 0) is 44.3 Å². The van der Waals surface area contributed by atoms with Crippen LogP contribution in [0.25, 0.3) is 10.8 Å². The third-order valence-electron chi connectivity index (χ3n) is 8.10. The summed E-state index contributed by atoms with van der Waals surface area (Å²) in [5.74, 6) is 0.988. The second-order valence-corrected chi connectivity index (χ2v) is 10.5. The molecule has 1 aromatic heterocycles. The van der Waals surface area contributed by atoms with Gasteiger partial charge in [-0.2, -0.15) is 15.2 Å². The molecule has 2 aromatic carbocycles. The average molecular weight is 498 g/mol. The molecule has 0 saturated carbocycles. The van der Waals surface area contributed by atoms with Crippen LogP contribution in [0.15, 0.2) is 42.5 Å². The fraction of sp³-hybridized carbons (Fsp3) is 0.483. The third kappa shape index (κ3) is 4.94. The summed E-state index contributed by atoms with van der Waals surface area (Å²) in [6.07, 6.45) is 3.74. The first-order valence-corrected chi connectivity index (χ1v) is 13.5. The van der Waals surface area contributed by atoms with E-state index in [0.29, 0.717) is 25.1 Å². The SMILES string of the molecule is CN1CCC[C@@H]1COc1nc2c(c(N3CCN[C@H](CC#N)C3)n1)CCN(c1cccc3ccccc13)C2. The molecule has 37 heavy (non-hydrogen) atoms. The Balaban J connectivity index is 1.32. The minimum absolute atomic E-state index is 0.150. The summed E-state index contributed by atoms with van der Waals surface area (Å²) < 4.78 is 6.27. The van der Waals surface area contributed by atoms with E-state index in [-0.39, 0.29) is 6.04 Å². The Hall–Kier alpha value is -3.41. The highest BCUT2D eigenvalue weighted by molar-refractivity contribution is 5.94. The van der Waals surface area contributed by atoms with Crippen LogP contribution >= 0.6 is 0 Å². The van der Waals surface area contributed by atoms with Crippen molar-refractivity contribution in [3.8, 4) is 12.1 Å². The molecule has 3 aliphatic heterocycles. The monoisotopic (exact) mass is 497 g/mol. The summed E-state index contributed by atoms with van der Waals surface area (Å²) in [6, 6.07) is 18.5. The first kappa shape index (κ1) is 24.0. The Kier molecular flexibility index (Phi) is 6.81. The van der Waals surface area contributed by atoms with Gasteiger partial charge in [-0.3, -0.25) is 0 Å². The van der Waals surface area contributed by atoms with Crippen LogP contribution in [-0.2, 0) is 13.0 Å². The van der Waals surface area contributed by atoms with E-state index in [2.05, 4.69) is 75.6 Å². The normalized spacial score (nSPS) is 22.2. The molecule has 2 saturated heterocycles. The van der Waals surface area contributed by atoms with Gasteiger partial charge >= 0.3 is 6.01 Å². The Morgan fingerprint density at radius 3 is 2.84 bits per heavy atom. The van der Waals surface area contributed by atoms with Gasteiger partial charge in [0.1, 0.15) is 12.4 Å². The van der Waals surface area contributed by atoms with Crippen molar-refractivity contribution in [2.75, 3.05) is 56.2 Å². The van der Waals surface area contributed by atoms with Crippen molar-refractivity contribution in [1.29, 1.82) is 5.26 Å². The molecular weight excluding hydrogens is 462 g/mol. The lowest BCUT2D eigenvalue weighted by atomic mass is 10.0. The van der Waals surface area contributed by atoms with Gasteiger partial charge in [-0.1, -0.05) is 36.4 Å². The van der Waals surface area contributed by atoms with Gasteiger partial charge in [-0.15, -0.1) is 0 Å². The Bertz CT molecular complexity index is 1300. The highest BCUT2D eigenvalue weighted by atomic mass is 16.5. The molecule has 0 amide bonds. The summed E-state index contributed by atoms with van der Waals surface area (Å²) in [5.41, 5.74) is 3.52. The van der Waals surface area contributed by atoms with Gasteiger partial charge in [0.15, 0.2) is 0 Å². The second kappa shape index (κ2) is 10.5. The number of benzene rings is 2. The van der Waals surface area contributed by atoms with Crippen LogP contribution in [0.4, 0.5) is 11.5 Å². The number of likely N-dealkylation sites (tertiary alicyclic amines) is 1. The summed E-state index contributed by atoms with van der Waals surface area (Å²) in [5, 5.41) is 15.3. The molecule has 192 valence electrons. The number of fused-ring (bicyclic) bond motifs is 2. The standard InChI is InChI=1S/C29H35N7O/c1-34-15-5-8-23(34)20-37-29-32-26-19-35(27-10-4-7-21-6-2-3-9-24(21)27)16-12-25(26)28(33-29)36-17-14-31-22(18-36)11-13-30/h2-4,6-7,9-10,22-23,31H,5,8,11-12,14-20H2,1H3/t22-,23-/m1/s1. The molecule has 0 spiro atoms. The van der Waals surface area contributed by atoms with E-state index < -0.39 is 0 Å². The van der Waals surface area contributed by atoms with E-state index in [1.165, 1.54) is 28.4 Å². The second-order valence-electron chi connectivity index (χ2n) is 10.5. The Morgan fingerprint density at radius 1 is 1.08 bits per heavy atom. The molecular formula is C29H35N7O. The average Bonchev–Trinajstić information content (AvgIpc) is 3.35. The molecule has 4 heterocycles. The topological polar surface area (TPSA) is 80.5 Å². The van der Waals surface area contributed by atoms with E-state index >= 15 is 0 Å². The zero-order valence-corrected chi connectivity index (χ0v) is 21.6. The van der Waals surface area contributed by atoms with Gasteiger partial charge in [0, 0.05) is 54.9 Å². The highest BCUT2D eigenvalue weighted by Gasteiger charge is 2.29. The van der Waals surface area contributed by atoms with Crippen LogP contribution in [-0.4, -0.2) is 73.3 Å². The zero-order chi connectivity index (χ0) is 25.2. The summed E-state index contributed by atoms with van der Waals surface area (Å²) in [6.45, 7) is 5.85. The summed E-state index contributed by atoms with van der Waals surface area (Å²) >= 11 is 0. The molecule has 2 atom stereocenters. The van der Waals surface area contributed by atoms with Crippen molar-refractivity contribution in [3.05, 3.63) is 53.7 Å². The van der Waals surface area contributed by atoms with Crippen molar-refractivity contribution in [3.63, 3.8) is 0 Å². The summed E-state index contributed by atoms with van der Waals surface area (Å²) in [7, 11) is 2.16. The van der Waals surface area contributed by atoms with Crippen molar-refractivity contribution >= 4 is 22.3 Å². The fourth-order valence-electron chi connectivity index (χ4n) is 6.03. The van der Waals surface area contributed by atoms with Crippen LogP contribution in [0.2, 0.25) is 0 Å². The maximum Gasteiger partial charge on any atom is 0.318 e. The number of hydrogen-bond acceptors (Lipinski definition) is 8. The minimum Gasteiger partial charge on any atom is -0.462 e. The van der Waals surface area contributed by atoms with E-state index in [1.807, 2.05) is 0 Å². The molecule has 0 unspecified atom stereocenters. The number of hydrogen-bond donors (Lipinski definition) is 1. The number of likely N-dealkylation sites (N-methyl/N-ethyl adjacent to an activating group) is 1. The van der Waals surface area contributed by atoms with E-state index in [0.717, 1.165) is 63.6 Å². The van der Waals surface area contributed by atoms with Crippen molar-refractivity contribution < 1.29 is 4.74 Å². The number of nitrogens with one attached hydrogen (secondary N) is 1. The number of nitriles is 1. The molecule has 8 nitrogen and oxygen atoms in total. The Morgan fingerprint density at radius 2 is 1.97 bits per heavy atom. The zero-order valence-electron chi connectivity index (χ0n) is 21.6. The van der Waals surface area contributed by atoms with E-state index in [1.54, 1.807) is 0 Å². The van der Waals surface area contributed by atoms with Gasteiger partial charge in [0.25, 0.3) is 0 Å². The van der Waals surface area contributed by atoms with E-state index in [9.17, 15) is 5.26 Å². The van der Waals surface area contributed by atoms with Gasteiger partial charge in [0.05, 0.1) is 24.7 Å². The van der Waals surface area contributed by atoms with Gasteiger partial charge in [0.2, 0.25) is 0 Å². The first-order valence-electron chi connectivity index (χ1n) is 13.5. The first-order chi connectivity index (χ1) is 18.2. The highest BCUT2D eigenvalue weighted by Crippen LogP contribution is 2.34. The van der Waals surface area contributed by atoms with Crippen LogP contribution in [0.1, 0.15) is 30.5 Å². The van der Waals surface area contributed by atoms with Crippen molar-refractivity contribution in [2.24, 2.45) is 0 Å². The molecule has 2 fully saturated rings. The molecule has 6 rings (SSSR count). The van der Waals surface area contributed by atoms with Crippen LogP contribution in [0, 0.1) is 11.3 Å². The van der Waals surface area contributed by atoms with E-state index in [4.69, 9.17) is 14.7 Å². The number of anilines is 2. The maximum absolute atomic E-state index is 9.26. The lowest BCUT2D eigenvalue weighted by Crippen LogP contribution is -2.51. The quantitative estimate of drug-likeness (QED) is 0.555. The van der Waals surface area contributed by atoms with Gasteiger partial charge < -0.3 is 24.8 Å². The van der Waals surface area contributed by atoms with Gasteiger partial charge in [-0.25, -0.2) is 0 Å². The summed E-state index contributed by atoms with van der Waals surface area (Å²) in [4.78, 5) is 17.1. The largest absolute Gasteiger partial charge is 0.462 e. The predicted molar refractivity (Wildman–Crippen MR) is 146 cm³/mol. The van der Waals surface area contributed by atoms with Crippen LogP contribution in [0.3, 0.4) is 0 Å². The Labute approximate surface area is 218 Å². The predicted octanol–water partition coefficient (Wildman–Crippen LogP) is 3.36. The van der Waals surface area contributed by atoms with Crippen molar-refractivity contribution in [2.45, 2.75) is 44.3 Å². The third-order valence-corrected chi connectivity index (χ3v) is 8.10. The lowest BCUT2D eigenvalue weighted by Gasteiger charge is -2.37.